The van der Waals surface area contributed by atoms with Crippen LogP contribution in [0.4, 0.5) is 4.39 Å². The Morgan fingerprint density at radius 1 is 1.28 bits per heavy atom. The number of benzene rings is 1. The minimum Gasteiger partial charge on any atom is -0.494 e. The molecule has 29 heavy (non-hydrogen) atoms. The lowest BCUT2D eigenvalue weighted by Crippen LogP contribution is -2.35. The Balaban J connectivity index is 1.24. The van der Waals surface area contributed by atoms with Gasteiger partial charge in [0.25, 0.3) is 0 Å². The number of hydrogen-bond acceptors (Lipinski definition) is 5. The van der Waals surface area contributed by atoms with Gasteiger partial charge in [-0.05, 0) is 43.7 Å². The molecule has 1 atom stereocenters. The van der Waals surface area contributed by atoms with E-state index in [4.69, 9.17) is 9.72 Å². The minimum absolute atomic E-state index is 0.106. The molecular weight excluding hydrogens is 371 g/mol. The Hall–Kier alpha value is -2.54. The van der Waals surface area contributed by atoms with Crippen molar-refractivity contribution in [2.75, 3.05) is 32.8 Å². The van der Waals surface area contributed by atoms with Gasteiger partial charge in [0.15, 0.2) is 0 Å². The number of carbonyl (C=O) groups is 1. The maximum Gasteiger partial charge on any atom is 0.219 e. The first-order chi connectivity index (χ1) is 14.1. The van der Waals surface area contributed by atoms with Crippen LogP contribution in [0, 0.1) is 5.82 Å². The predicted molar refractivity (Wildman–Crippen MR) is 107 cm³/mol. The van der Waals surface area contributed by atoms with Crippen LogP contribution in [-0.2, 0) is 17.8 Å². The zero-order valence-electron chi connectivity index (χ0n) is 16.8. The molecule has 2 aromatic rings. The van der Waals surface area contributed by atoms with Gasteiger partial charge in [0, 0.05) is 57.2 Å². The number of fused-ring (bicyclic) bond motifs is 1. The third-order valence-corrected chi connectivity index (χ3v) is 5.74. The van der Waals surface area contributed by atoms with Crippen LogP contribution in [0.3, 0.4) is 0 Å². The maximum atomic E-state index is 12.9. The Bertz CT molecular complexity index is 858. The summed E-state index contributed by atoms with van der Waals surface area (Å²) in [6.45, 7) is 6.57. The van der Waals surface area contributed by atoms with Gasteiger partial charge in [0.2, 0.25) is 5.91 Å². The van der Waals surface area contributed by atoms with Crippen molar-refractivity contribution in [3.63, 3.8) is 0 Å². The molecule has 1 amide bonds. The van der Waals surface area contributed by atoms with Crippen LogP contribution in [0.2, 0.25) is 0 Å². The van der Waals surface area contributed by atoms with Crippen molar-refractivity contribution >= 4 is 5.91 Å². The SMILES string of the molecule is CC(=O)N1CCc2nc(C3CCN(CCCOc4ccc(F)cc4)C3)ncc2C1. The summed E-state index contributed by atoms with van der Waals surface area (Å²) in [7, 11) is 0. The summed E-state index contributed by atoms with van der Waals surface area (Å²) >= 11 is 0. The minimum atomic E-state index is -0.249. The van der Waals surface area contributed by atoms with Crippen molar-refractivity contribution < 1.29 is 13.9 Å². The molecule has 0 spiro atoms. The number of aromatic nitrogens is 2. The van der Waals surface area contributed by atoms with Crippen LogP contribution >= 0.6 is 0 Å². The number of carbonyl (C=O) groups excluding carboxylic acids is 1. The van der Waals surface area contributed by atoms with E-state index >= 15 is 0 Å². The molecule has 1 aromatic heterocycles. The van der Waals surface area contributed by atoms with Crippen LogP contribution in [0.15, 0.2) is 30.5 Å². The van der Waals surface area contributed by atoms with Crippen molar-refractivity contribution in [3.05, 3.63) is 53.4 Å². The molecule has 1 unspecified atom stereocenters. The second-order valence-electron chi connectivity index (χ2n) is 7.83. The van der Waals surface area contributed by atoms with Gasteiger partial charge in [0.05, 0.1) is 12.3 Å². The van der Waals surface area contributed by atoms with E-state index in [1.54, 1.807) is 19.1 Å². The summed E-state index contributed by atoms with van der Waals surface area (Å²) in [6, 6.07) is 6.14. The molecule has 0 aliphatic carbocycles. The first kappa shape index (κ1) is 19.8. The molecule has 3 heterocycles. The van der Waals surface area contributed by atoms with Crippen molar-refractivity contribution in [1.82, 2.24) is 19.8 Å². The van der Waals surface area contributed by atoms with Gasteiger partial charge in [-0.25, -0.2) is 14.4 Å². The third-order valence-electron chi connectivity index (χ3n) is 5.74. The Labute approximate surface area is 170 Å². The van der Waals surface area contributed by atoms with Gasteiger partial charge in [-0.2, -0.15) is 0 Å². The molecule has 0 radical (unpaired) electrons. The Morgan fingerprint density at radius 2 is 2.10 bits per heavy atom. The number of hydrogen-bond donors (Lipinski definition) is 0. The molecule has 2 aliphatic heterocycles. The van der Waals surface area contributed by atoms with Crippen LogP contribution in [0.5, 0.6) is 5.75 Å². The number of ether oxygens (including phenoxy) is 1. The molecule has 0 N–H and O–H groups in total. The third kappa shape index (κ3) is 4.90. The Kier molecular flexibility index (Phi) is 6.04. The summed E-state index contributed by atoms with van der Waals surface area (Å²) in [4.78, 5) is 25.3. The van der Waals surface area contributed by atoms with E-state index < -0.39 is 0 Å². The van der Waals surface area contributed by atoms with Crippen LogP contribution in [0.1, 0.15) is 42.8 Å². The zero-order chi connectivity index (χ0) is 20.2. The first-order valence-electron chi connectivity index (χ1n) is 10.3. The monoisotopic (exact) mass is 398 g/mol. The summed E-state index contributed by atoms with van der Waals surface area (Å²) in [5, 5.41) is 0. The van der Waals surface area contributed by atoms with Gasteiger partial charge in [-0.3, -0.25) is 4.79 Å². The average molecular weight is 398 g/mol. The highest BCUT2D eigenvalue weighted by Gasteiger charge is 2.27. The molecule has 6 nitrogen and oxygen atoms in total. The average Bonchev–Trinajstić information content (AvgIpc) is 3.20. The second-order valence-corrected chi connectivity index (χ2v) is 7.83. The molecule has 2 aliphatic rings. The van der Waals surface area contributed by atoms with E-state index in [9.17, 15) is 9.18 Å². The molecule has 154 valence electrons. The topological polar surface area (TPSA) is 58.6 Å². The van der Waals surface area contributed by atoms with Gasteiger partial charge in [0.1, 0.15) is 17.4 Å². The highest BCUT2D eigenvalue weighted by molar-refractivity contribution is 5.73. The fourth-order valence-corrected chi connectivity index (χ4v) is 4.05. The van der Waals surface area contributed by atoms with Crippen LogP contribution < -0.4 is 4.74 Å². The van der Waals surface area contributed by atoms with Gasteiger partial charge >= 0.3 is 0 Å². The van der Waals surface area contributed by atoms with Crippen molar-refractivity contribution in [2.45, 2.75) is 38.6 Å². The number of nitrogens with zero attached hydrogens (tertiary/aromatic N) is 4. The molecule has 1 saturated heterocycles. The van der Waals surface area contributed by atoms with E-state index in [-0.39, 0.29) is 11.7 Å². The first-order valence-corrected chi connectivity index (χ1v) is 10.3. The smallest absolute Gasteiger partial charge is 0.219 e. The Morgan fingerprint density at radius 3 is 2.90 bits per heavy atom. The predicted octanol–water partition coefficient (Wildman–Crippen LogP) is 2.78. The van der Waals surface area contributed by atoms with E-state index in [1.165, 1.54) is 12.1 Å². The van der Waals surface area contributed by atoms with E-state index in [1.807, 2.05) is 11.1 Å². The standard InChI is InChI=1S/C22H27FN4O2/c1-16(28)27-11-8-21-18(15-27)13-24-22(25-21)17-7-10-26(14-17)9-2-12-29-20-5-3-19(23)4-6-20/h3-6,13,17H,2,7-12,14-15H2,1H3. The van der Waals surface area contributed by atoms with Crippen molar-refractivity contribution in [2.24, 2.45) is 0 Å². The highest BCUT2D eigenvalue weighted by atomic mass is 19.1. The lowest BCUT2D eigenvalue weighted by Gasteiger charge is -2.27. The fourth-order valence-electron chi connectivity index (χ4n) is 4.05. The largest absolute Gasteiger partial charge is 0.494 e. The molecule has 7 heteroatoms. The van der Waals surface area contributed by atoms with E-state index in [0.29, 0.717) is 24.8 Å². The van der Waals surface area contributed by atoms with Gasteiger partial charge in [-0.1, -0.05) is 0 Å². The maximum absolute atomic E-state index is 12.9. The van der Waals surface area contributed by atoms with Gasteiger partial charge < -0.3 is 14.5 Å². The van der Waals surface area contributed by atoms with E-state index in [0.717, 1.165) is 62.5 Å². The number of amides is 1. The molecule has 0 saturated carbocycles. The quantitative estimate of drug-likeness (QED) is 0.701. The second kappa shape index (κ2) is 8.86. The van der Waals surface area contributed by atoms with Crippen LogP contribution in [0.25, 0.3) is 0 Å². The summed E-state index contributed by atoms with van der Waals surface area (Å²) in [5.74, 6) is 1.86. The van der Waals surface area contributed by atoms with Crippen LogP contribution in [-0.4, -0.2) is 58.5 Å². The van der Waals surface area contributed by atoms with Crippen molar-refractivity contribution in [1.29, 1.82) is 0 Å². The number of halogens is 1. The summed E-state index contributed by atoms with van der Waals surface area (Å²) < 4.78 is 18.6. The lowest BCUT2D eigenvalue weighted by molar-refractivity contribution is -0.129. The molecule has 0 bridgehead atoms. The normalized spacial score (nSPS) is 19.2. The lowest BCUT2D eigenvalue weighted by atomic mass is 10.0. The van der Waals surface area contributed by atoms with E-state index in [2.05, 4.69) is 9.88 Å². The van der Waals surface area contributed by atoms with Crippen molar-refractivity contribution in [3.8, 4) is 5.75 Å². The van der Waals surface area contributed by atoms with Gasteiger partial charge in [-0.15, -0.1) is 0 Å². The summed E-state index contributed by atoms with van der Waals surface area (Å²) in [5.41, 5.74) is 2.17. The molecule has 4 rings (SSSR count). The fraction of sp³-hybridized carbons (Fsp3) is 0.500. The zero-order valence-corrected chi connectivity index (χ0v) is 16.8. The molecule has 1 aromatic carbocycles. The number of rotatable bonds is 6. The molecule has 1 fully saturated rings. The number of likely N-dealkylation sites (tertiary alicyclic amines) is 1. The summed E-state index contributed by atoms with van der Waals surface area (Å²) in [6.07, 6.45) is 4.71. The highest BCUT2D eigenvalue weighted by Crippen LogP contribution is 2.26. The molecular formula is C22H27FN4O2.